The molecule has 1 aromatic heterocycles. The van der Waals surface area contributed by atoms with Crippen LogP contribution in [0.3, 0.4) is 0 Å². The minimum Gasteiger partial charge on any atom is -0.310 e. The van der Waals surface area contributed by atoms with Crippen LogP contribution in [0, 0.1) is 0 Å². The first kappa shape index (κ1) is 13.9. The zero-order valence-electron chi connectivity index (χ0n) is 13.0. The zero-order chi connectivity index (χ0) is 14.8. The number of rotatable bonds is 3. The molecule has 2 heterocycles. The van der Waals surface area contributed by atoms with E-state index >= 15 is 0 Å². The molecular formula is C17H23N5. The SMILES string of the molecule is c1cc2c(cc1CNC1CCc3nnnn3CC1)CCCC2. The van der Waals surface area contributed by atoms with Gasteiger partial charge in [-0.05, 0) is 65.6 Å². The molecule has 1 aliphatic heterocycles. The fourth-order valence-electron chi connectivity index (χ4n) is 3.66. The first-order chi connectivity index (χ1) is 10.9. The van der Waals surface area contributed by atoms with E-state index in [1.165, 1.54) is 31.2 Å². The highest BCUT2D eigenvalue weighted by molar-refractivity contribution is 5.33. The molecule has 1 aliphatic carbocycles. The van der Waals surface area contributed by atoms with Crippen molar-refractivity contribution < 1.29 is 0 Å². The van der Waals surface area contributed by atoms with Crippen LogP contribution >= 0.6 is 0 Å². The summed E-state index contributed by atoms with van der Waals surface area (Å²) in [5, 5.41) is 15.6. The highest BCUT2D eigenvalue weighted by Crippen LogP contribution is 2.22. The summed E-state index contributed by atoms with van der Waals surface area (Å²) in [7, 11) is 0. The molecule has 1 aromatic carbocycles. The van der Waals surface area contributed by atoms with Crippen molar-refractivity contribution in [3.8, 4) is 0 Å². The lowest BCUT2D eigenvalue weighted by molar-refractivity contribution is 0.435. The average molecular weight is 297 g/mol. The minimum atomic E-state index is 0.541. The molecule has 0 spiro atoms. The lowest BCUT2D eigenvalue weighted by atomic mass is 9.90. The predicted octanol–water partition coefficient (Wildman–Crippen LogP) is 2.05. The standard InChI is InChI=1S/C17H23N5/c1-2-4-15-11-13(5-6-14(15)3-1)12-18-16-7-8-17-19-20-21-22(17)10-9-16/h5-6,11,16,18H,1-4,7-10,12H2. The summed E-state index contributed by atoms with van der Waals surface area (Å²) in [4.78, 5) is 0. The van der Waals surface area contributed by atoms with Gasteiger partial charge in [-0.2, -0.15) is 0 Å². The molecule has 2 aliphatic rings. The van der Waals surface area contributed by atoms with Gasteiger partial charge < -0.3 is 5.32 Å². The Morgan fingerprint density at radius 2 is 2.00 bits per heavy atom. The molecule has 0 saturated carbocycles. The molecular weight excluding hydrogens is 274 g/mol. The molecule has 1 atom stereocenters. The van der Waals surface area contributed by atoms with Crippen LogP contribution < -0.4 is 5.32 Å². The van der Waals surface area contributed by atoms with E-state index in [2.05, 4.69) is 39.0 Å². The quantitative estimate of drug-likeness (QED) is 0.942. The second kappa shape index (κ2) is 6.16. The van der Waals surface area contributed by atoms with Crippen LogP contribution in [0.15, 0.2) is 18.2 Å². The number of benzene rings is 1. The monoisotopic (exact) mass is 297 g/mol. The highest BCUT2D eigenvalue weighted by Gasteiger charge is 2.17. The maximum absolute atomic E-state index is 4.09. The Labute approximate surface area is 131 Å². The molecule has 4 rings (SSSR count). The summed E-state index contributed by atoms with van der Waals surface area (Å²) < 4.78 is 1.95. The van der Waals surface area contributed by atoms with Crippen molar-refractivity contribution in [1.29, 1.82) is 0 Å². The molecule has 0 saturated heterocycles. The van der Waals surface area contributed by atoms with Gasteiger partial charge in [0.25, 0.3) is 0 Å². The number of hydrogen-bond donors (Lipinski definition) is 1. The summed E-state index contributed by atoms with van der Waals surface area (Å²) in [5.41, 5.74) is 4.55. The van der Waals surface area contributed by atoms with Crippen LogP contribution in [0.5, 0.6) is 0 Å². The Morgan fingerprint density at radius 1 is 1.09 bits per heavy atom. The Bertz CT molecular complexity index is 626. The second-order valence-electron chi connectivity index (χ2n) is 6.53. The summed E-state index contributed by atoms with van der Waals surface area (Å²) in [6.07, 6.45) is 8.40. The maximum atomic E-state index is 4.09. The molecule has 0 amide bonds. The smallest absolute Gasteiger partial charge is 0.151 e. The molecule has 0 bridgehead atoms. The molecule has 22 heavy (non-hydrogen) atoms. The largest absolute Gasteiger partial charge is 0.310 e. The van der Waals surface area contributed by atoms with Crippen molar-refractivity contribution in [3.05, 3.63) is 40.7 Å². The van der Waals surface area contributed by atoms with Gasteiger partial charge in [0.05, 0.1) is 0 Å². The minimum absolute atomic E-state index is 0.541. The fraction of sp³-hybridized carbons (Fsp3) is 0.588. The third-order valence-corrected chi connectivity index (χ3v) is 5.02. The van der Waals surface area contributed by atoms with Gasteiger partial charge in [0.15, 0.2) is 5.82 Å². The number of nitrogens with one attached hydrogen (secondary N) is 1. The van der Waals surface area contributed by atoms with E-state index in [9.17, 15) is 0 Å². The fourth-order valence-corrected chi connectivity index (χ4v) is 3.66. The summed E-state index contributed by atoms with van der Waals surface area (Å²) in [6.45, 7) is 1.89. The van der Waals surface area contributed by atoms with Gasteiger partial charge in [-0.1, -0.05) is 18.2 Å². The molecule has 1 unspecified atom stereocenters. The number of hydrogen-bond acceptors (Lipinski definition) is 4. The van der Waals surface area contributed by atoms with E-state index in [-0.39, 0.29) is 0 Å². The Kier molecular flexibility index (Phi) is 3.89. The molecule has 0 radical (unpaired) electrons. The molecule has 2 aromatic rings. The number of aryl methyl sites for hydroxylation is 4. The molecule has 5 heteroatoms. The molecule has 0 fully saturated rings. The van der Waals surface area contributed by atoms with Gasteiger partial charge in [0, 0.05) is 25.6 Å². The summed E-state index contributed by atoms with van der Waals surface area (Å²) >= 11 is 0. The lowest BCUT2D eigenvalue weighted by Gasteiger charge is -2.19. The van der Waals surface area contributed by atoms with E-state index < -0.39 is 0 Å². The van der Waals surface area contributed by atoms with Gasteiger partial charge in [-0.3, -0.25) is 0 Å². The second-order valence-corrected chi connectivity index (χ2v) is 6.53. The number of aromatic nitrogens is 4. The van der Waals surface area contributed by atoms with Crippen LogP contribution in [0.1, 0.15) is 48.2 Å². The van der Waals surface area contributed by atoms with Crippen LogP contribution in [0.4, 0.5) is 0 Å². The first-order valence-electron chi connectivity index (χ1n) is 8.47. The van der Waals surface area contributed by atoms with Crippen LogP contribution in [-0.2, 0) is 32.4 Å². The maximum Gasteiger partial charge on any atom is 0.151 e. The summed E-state index contributed by atoms with van der Waals surface area (Å²) in [5.74, 6) is 1.03. The van der Waals surface area contributed by atoms with E-state index in [1.54, 1.807) is 11.1 Å². The average Bonchev–Trinajstić information content (AvgIpc) is 2.93. The molecule has 116 valence electrons. The van der Waals surface area contributed by atoms with Crippen LogP contribution in [-0.4, -0.2) is 26.2 Å². The number of nitrogens with zero attached hydrogens (tertiary/aromatic N) is 4. The topological polar surface area (TPSA) is 55.6 Å². The Balaban J connectivity index is 1.36. The van der Waals surface area contributed by atoms with Gasteiger partial charge >= 0.3 is 0 Å². The third kappa shape index (κ3) is 2.90. The van der Waals surface area contributed by atoms with Crippen molar-refractivity contribution in [2.75, 3.05) is 0 Å². The van der Waals surface area contributed by atoms with Crippen LogP contribution in [0.2, 0.25) is 0 Å². The molecule has 1 N–H and O–H groups in total. The Morgan fingerprint density at radius 3 is 2.95 bits per heavy atom. The van der Waals surface area contributed by atoms with Crippen molar-refractivity contribution in [2.24, 2.45) is 0 Å². The van der Waals surface area contributed by atoms with Gasteiger partial charge in [0.2, 0.25) is 0 Å². The predicted molar refractivity (Wildman–Crippen MR) is 84.5 cm³/mol. The van der Waals surface area contributed by atoms with Gasteiger partial charge in [-0.15, -0.1) is 5.10 Å². The van der Waals surface area contributed by atoms with E-state index in [0.717, 1.165) is 38.2 Å². The van der Waals surface area contributed by atoms with E-state index in [1.807, 2.05) is 4.68 Å². The normalized spacial score (nSPS) is 21.0. The number of fused-ring (bicyclic) bond motifs is 2. The summed E-state index contributed by atoms with van der Waals surface area (Å²) in [6, 6.07) is 7.59. The molecule has 5 nitrogen and oxygen atoms in total. The first-order valence-corrected chi connectivity index (χ1v) is 8.47. The van der Waals surface area contributed by atoms with Crippen molar-refractivity contribution in [3.63, 3.8) is 0 Å². The van der Waals surface area contributed by atoms with Crippen molar-refractivity contribution >= 4 is 0 Å². The third-order valence-electron chi connectivity index (χ3n) is 5.02. The van der Waals surface area contributed by atoms with Gasteiger partial charge in [-0.25, -0.2) is 4.68 Å². The van der Waals surface area contributed by atoms with E-state index in [0.29, 0.717) is 6.04 Å². The van der Waals surface area contributed by atoms with E-state index in [4.69, 9.17) is 0 Å². The Hall–Kier alpha value is -1.75. The number of tetrazole rings is 1. The lowest BCUT2D eigenvalue weighted by Crippen LogP contribution is -2.29. The van der Waals surface area contributed by atoms with Crippen LogP contribution in [0.25, 0.3) is 0 Å². The highest BCUT2D eigenvalue weighted by atomic mass is 15.5. The zero-order valence-corrected chi connectivity index (χ0v) is 13.0. The van der Waals surface area contributed by atoms with Crippen molar-refractivity contribution in [2.45, 2.75) is 64.1 Å². The van der Waals surface area contributed by atoms with Gasteiger partial charge in [0.1, 0.15) is 0 Å². The van der Waals surface area contributed by atoms with Crippen molar-refractivity contribution in [1.82, 2.24) is 25.5 Å².